The largest absolute Gasteiger partial charge is 0.494 e. The Hall–Kier alpha value is -3.62. The van der Waals surface area contributed by atoms with Crippen molar-refractivity contribution in [3.8, 4) is 22.9 Å². The number of methoxy groups -OCH3 is 1. The molecular weight excluding hydrogens is 350 g/mol. The summed E-state index contributed by atoms with van der Waals surface area (Å²) in [5.74, 6) is 1.45. The van der Waals surface area contributed by atoms with Crippen LogP contribution >= 0.6 is 0 Å². The average molecular weight is 367 g/mol. The summed E-state index contributed by atoms with van der Waals surface area (Å²) < 4.78 is 18.0. The molecule has 9 nitrogen and oxygen atoms in total. The predicted octanol–water partition coefficient (Wildman–Crippen LogP) is 2.00. The van der Waals surface area contributed by atoms with E-state index in [2.05, 4.69) is 20.8 Å². The molecule has 27 heavy (non-hydrogen) atoms. The van der Waals surface area contributed by atoms with Gasteiger partial charge < -0.3 is 19.5 Å². The van der Waals surface area contributed by atoms with Crippen LogP contribution in [0, 0.1) is 6.92 Å². The topological polar surface area (TPSA) is 100 Å². The van der Waals surface area contributed by atoms with Crippen molar-refractivity contribution in [3.63, 3.8) is 0 Å². The third kappa shape index (κ3) is 3.26. The first kappa shape index (κ1) is 16.8. The maximum absolute atomic E-state index is 12.8. The number of fused-ring (bicyclic) bond motifs is 1. The van der Waals surface area contributed by atoms with E-state index in [9.17, 15) is 4.79 Å². The average Bonchev–Trinajstić information content (AvgIpc) is 3.22. The Bertz CT molecular complexity index is 988. The van der Waals surface area contributed by atoms with Crippen molar-refractivity contribution in [1.82, 2.24) is 20.2 Å². The van der Waals surface area contributed by atoms with Gasteiger partial charge in [0.25, 0.3) is 5.91 Å². The molecule has 3 aromatic rings. The Morgan fingerprint density at radius 2 is 1.96 bits per heavy atom. The molecule has 1 aliphatic heterocycles. The second-order valence-corrected chi connectivity index (χ2v) is 5.90. The Morgan fingerprint density at radius 1 is 1.19 bits per heavy atom. The number of ether oxygens (including phenoxy) is 3. The number of tetrazole rings is 1. The first-order valence-corrected chi connectivity index (χ1v) is 8.28. The highest BCUT2D eigenvalue weighted by molar-refractivity contribution is 6.06. The maximum Gasteiger partial charge on any atom is 0.256 e. The highest BCUT2D eigenvalue weighted by Gasteiger charge is 2.19. The molecule has 0 fully saturated rings. The molecular formula is C18H17N5O4. The highest BCUT2D eigenvalue weighted by atomic mass is 16.6. The molecule has 1 amide bonds. The number of aryl methyl sites for hydroxylation is 1. The predicted molar refractivity (Wildman–Crippen MR) is 95.8 cm³/mol. The van der Waals surface area contributed by atoms with Gasteiger partial charge in [-0.25, -0.2) is 4.68 Å². The van der Waals surface area contributed by atoms with Crippen LogP contribution < -0.4 is 19.5 Å². The summed E-state index contributed by atoms with van der Waals surface area (Å²) in [4.78, 5) is 12.8. The van der Waals surface area contributed by atoms with Crippen molar-refractivity contribution in [2.24, 2.45) is 0 Å². The molecule has 138 valence electrons. The van der Waals surface area contributed by atoms with Gasteiger partial charge in [-0.05, 0) is 47.2 Å². The van der Waals surface area contributed by atoms with Crippen molar-refractivity contribution in [2.45, 2.75) is 6.92 Å². The lowest BCUT2D eigenvalue weighted by atomic mass is 10.1. The molecule has 9 heteroatoms. The minimum absolute atomic E-state index is 0.266. The molecule has 0 bridgehead atoms. The molecule has 0 saturated heterocycles. The molecule has 4 rings (SSSR count). The van der Waals surface area contributed by atoms with Gasteiger partial charge in [0.05, 0.1) is 18.5 Å². The van der Waals surface area contributed by atoms with Crippen LogP contribution in [-0.4, -0.2) is 46.4 Å². The van der Waals surface area contributed by atoms with E-state index in [1.165, 1.54) is 18.1 Å². The zero-order chi connectivity index (χ0) is 18.8. The van der Waals surface area contributed by atoms with Crippen LogP contribution in [0.2, 0.25) is 0 Å². The number of hydrogen-bond donors (Lipinski definition) is 1. The van der Waals surface area contributed by atoms with Gasteiger partial charge >= 0.3 is 0 Å². The van der Waals surface area contributed by atoms with E-state index in [4.69, 9.17) is 14.2 Å². The van der Waals surface area contributed by atoms with E-state index in [1.54, 1.807) is 30.3 Å². The molecule has 0 radical (unpaired) electrons. The molecule has 1 aliphatic rings. The number of hydrogen-bond acceptors (Lipinski definition) is 7. The SMILES string of the molecule is COc1cc(-n2cnnn2)ccc1NC(=O)c1cc2c(cc1C)OCCO2. The molecule has 0 aliphatic carbocycles. The van der Waals surface area contributed by atoms with Crippen LogP contribution in [0.1, 0.15) is 15.9 Å². The Labute approximate surface area is 154 Å². The Morgan fingerprint density at radius 3 is 2.67 bits per heavy atom. The maximum atomic E-state index is 12.8. The standard InChI is InChI=1S/C18H17N5O4/c1-11-7-16-17(27-6-5-26-16)9-13(11)18(24)20-14-4-3-12(8-15(14)25-2)23-10-19-21-22-23/h3-4,7-10H,5-6H2,1-2H3,(H,20,24). The molecule has 2 aromatic carbocycles. The van der Waals surface area contributed by atoms with Gasteiger partial charge in [-0.2, -0.15) is 0 Å². The highest BCUT2D eigenvalue weighted by Crippen LogP contribution is 2.34. The van der Waals surface area contributed by atoms with E-state index >= 15 is 0 Å². The number of benzene rings is 2. The molecule has 1 aromatic heterocycles. The minimum Gasteiger partial charge on any atom is -0.494 e. The van der Waals surface area contributed by atoms with Gasteiger partial charge in [0, 0.05) is 11.6 Å². The number of carbonyl (C=O) groups is 1. The summed E-state index contributed by atoms with van der Waals surface area (Å²) >= 11 is 0. The second kappa shape index (κ2) is 6.94. The van der Waals surface area contributed by atoms with E-state index < -0.39 is 0 Å². The van der Waals surface area contributed by atoms with Crippen molar-refractivity contribution in [3.05, 3.63) is 47.8 Å². The Balaban J connectivity index is 1.61. The third-order valence-electron chi connectivity index (χ3n) is 4.18. The second-order valence-electron chi connectivity index (χ2n) is 5.90. The van der Waals surface area contributed by atoms with Crippen LogP contribution in [0.3, 0.4) is 0 Å². The van der Waals surface area contributed by atoms with Crippen molar-refractivity contribution in [2.75, 3.05) is 25.6 Å². The lowest BCUT2D eigenvalue weighted by Crippen LogP contribution is -2.18. The smallest absolute Gasteiger partial charge is 0.256 e. The van der Waals surface area contributed by atoms with Gasteiger partial charge in [0.2, 0.25) is 0 Å². The van der Waals surface area contributed by atoms with Gasteiger partial charge in [0.15, 0.2) is 11.5 Å². The number of aromatic nitrogens is 4. The monoisotopic (exact) mass is 367 g/mol. The molecule has 0 atom stereocenters. The molecule has 0 spiro atoms. The molecule has 1 N–H and O–H groups in total. The minimum atomic E-state index is -0.266. The summed E-state index contributed by atoms with van der Waals surface area (Å²) in [6, 6.07) is 8.76. The fourth-order valence-corrected chi connectivity index (χ4v) is 2.83. The van der Waals surface area contributed by atoms with Gasteiger partial charge in [0.1, 0.15) is 25.3 Å². The van der Waals surface area contributed by atoms with E-state index in [1.807, 2.05) is 6.92 Å². The number of nitrogens with one attached hydrogen (secondary N) is 1. The number of nitrogens with zero attached hydrogens (tertiary/aromatic N) is 4. The van der Waals surface area contributed by atoms with Crippen molar-refractivity contribution >= 4 is 11.6 Å². The summed E-state index contributed by atoms with van der Waals surface area (Å²) in [5, 5.41) is 13.9. The van der Waals surface area contributed by atoms with Gasteiger partial charge in [-0.1, -0.05) is 0 Å². The van der Waals surface area contributed by atoms with E-state index in [-0.39, 0.29) is 5.91 Å². The van der Waals surface area contributed by atoms with E-state index in [0.29, 0.717) is 47.4 Å². The first-order chi connectivity index (χ1) is 13.2. The fraction of sp³-hybridized carbons (Fsp3) is 0.222. The van der Waals surface area contributed by atoms with Gasteiger partial charge in [-0.3, -0.25) is 4.79 Å². The van der Waals surface area contributed by atoms with Crippen molar-refractivity contribution < 1.29 is 19.0 Å². The zero-order valence-corrected chi connectivity index (χ0v) is 14.8. The zero-order valence-electron chi connectivity index (χ0n) is 14.8. The quantitative estimate of drug-likeness (QED) is 0.753. The Kier molecular flexibility index (Phi) is 4.33. The van der Waals surface area contributed by atoms with Crippen LogP contribution in [0.25, 0.3) is 5.69 Å². The molecule has 0 saturated carbocycles. The summed E-state index contributed by atoms with van der Waals surface area (Å²) in [5.41, 5.74) is 2.55. The summed E-state index contributed by atoms with van der Waals surface area (Å²) in [7, 11) is 1.53. The summed E-state index contributed by atoms with van der Waals surface area (Å²) in [6.07, 6.45) is 1.48. The summed E-state index contributed by atoms with van der Waals surface area (Å²) in [6.45, 7) is 2.82. The fourth-order valence-electron chi connectivity index (χ4n) is 2.83. The first-order valence-electron chi connectivity index (χ1n) is 8.28. The lowest BCUT2D eigenvalue weighted by molar-refractivity contribution is 0.102. The molecule has 2 heterocycles. The lowest BCUT2D eigenvalue weighted by Gasteiger charge is -2.20. The van der Waals surface area contributed by atoms with E-state index in [0.717, 1.165) is 5.56 Å². The number of carbonyl (C=O) groups excluding carboxylic acids is 1. The number of rotatable bonds is 4. The molecule has 0 unspecified atom stereocenters. The van der Waals surface area contributed by atoms with Crippen LogP contribution in [-0.2, 0) is 0 Å². The van der Waals surface area contributed by atoms with Crippen molar-refractivity contribution in [1.29, 1.82) is 0 Å². The number of amides is 1. The number of anilines is 1. The van der Waals surface area contributed by atoms with Gasteiger partial charge in [-0.15, -0.1) is 5.10 Å². The normalized spacial score (nSPS) is 12.5. The third-order valence-corrected chi connectivity index (χ3v) is 4.18. The van der Waals surface area contributed by atoms with Crippen LogP contribution in [0.5, 0.6) is 17.2 Å². The van der Waals surface area contributed by atoms with Crippen LogP contribution in [0.15, 0.2) is 36.7 Å². The van der Waals surface area contributed by atoms with Crippen LogP contribution in [0.4, 0.5) is 5.69 Å².